The van der Waals surface area contributed by atoms with Gasteiger partial charge in [0, 0.05) is 18.0 Å². The third-order valence-corrected chi connectivity index (χ3v) is 4.80. The van der Waals surface area contributed by atoms with E-state index < -0.39 is 6.17 Å². The molecule has 0 aliphatic carbocycles. The monoisotopic (exact) mass is 335 g/mol. The summed E-state index contributed by atoms with van der Waals surface area (Å²) < 4.78 is -0.192. The minimum absolute atomic E-state index is 0.109. The molecule has 1 spiro atoms. The molecule has 5 N–H and O–H groups in total. The number of thiocarbonyl (C=S) groups is 1. The first-order chi connectivity index (χ1) is 10.5. The Bertz CT molecular complexity index is 718. The maximum atomic E-state index is 10.1. The molecule has 0 radical (unpaired) electrons. The smallest absolute Gasteiger partial charge is 0.339 e. The van der Waals surface area contributed by atoms with Gasteiger partial charge in [0.25, 0.3) is 6.17 Å². The number of hydrazine groups is 1. The van der Waals surface area contributed by atoms with E-state index >= 15 is 0 Å². The molecule has 2 unspecified atom stereocenters. The number of phenolic OH excluding ortho intramolecular Hbond substituents is 1. The number of guanidine groups is 1. The number of quaternary nitrogens is 1. The maximum Gasteiger partial charge on any atom is 0.339 e. The predicted octanol–water partition coefficient (Wildman–Crippen LogP) is 1.20. The van der Waals surface area contributed by atoms with Crippen LogP contribution in [0.3, 0.4) is 0 Å². The van der Waals surface area contributed by atoms with E-state index in [1.807, 2.05) is 0 Å². The lowest BCUT2D eigenvalue weighted by Crippen LogP contribution is -2.76. The molecule has 7 nitrogen and oxygen atoms in total. The number of phenols is 1. The number of aromatic hydroxyl groups is 1. The third-order valence-electron chi connectivity index (χ3n) is 3.48. The molecule has 1 fully saturated rings. The topological polar surface area (TPSA) is 100 Å². The molecule has 9 heteroatoms. The van der Waals surface area contributed by atoms with Crippen LogP contribution >= 0.6 is 24.0 Å². The van der Waals surface area contributed by atoms with E-state index in [1.54, 1.807) is 30.3 Å². The predicted molar refractivity (Wildman–Crippen MR) is 91.4 cm³/mol. The van der Waals surface area contributed by atoms with Gasteiger partial charge in [-0.05, 0) is 21.8 Å². The van der Waals surface area contributed by atoms with Crippen LogP contribution in [0, 0.1) is 0 Å². The van der Waals surface area contributed by atoms with Crippen molar-refractivity contribution in [3.63, 3.8) is 0 Å². The number of hydrogen-bond donors (Lipinski definition) is 3. The van der Waals surface area contributed by atoms with Crippen LogP contribution in [0.25, 0.3) is 0 Å². The van der Waals surface area contributed by atoms with Crippen LogP contribution in [0.4, 0.5) is 0 Å². The Kier molecular flexibility index (Phi) is 3.65. The van der Waals surface area contributed by atoms with Crippen molar-refractivity contribution in [1.29, 1.82) is 0 Å². The lowest BCUT2D eigenvalue weighted by atomic mass is 10.1. The van der Waals surface area contributed by atoms with E-state index in [1.165, 1.54) is 16.8 Å². The number of benzene rings is 1. The van der Waals surface area contributed by atoms with Crippen LogP contribution in [-0.2, 0) is 0 Å². The van der Waals surface area contributed by atoms with E-state index in [-0.39, 0.29) is 16.3 Å². The number of aliphatic imine (C=N–C) groups is 1. The zero-order valence-electron chi connectivity index (χ0n) is 11.6. The highest BCUT2D eigenvalue weighted by Crippen LogP contribution is 2.46. The van der Waals surface area contributed by atoms with E-state index in [0.717, 1.165) is 0 Å². The standard InChI is InChI=1S/C13H14N6OS2/c1-2-7-22-12-16-11(14)19(17-12)10(18(15)13(19)21)8-5-3-4-6-9(8)20/h2-6,10H,1,7,15H2,(H2-,14,16,17,20)/p+1. The Balaban J connectivity index is 2.04. The van der Waals surface area contributed by atoms with Gasteiger partial charge in [-0.2, -0.15) is 5.01 Å². The van der Waals surface area contributed by atoms with Crippen molar-refractivity contribution >= 4 is 40.2 Å². The fraction of sp³-hybridized carbons (Fsp3) is 0.154. The first-order valence-corrected chi connectivity index (χ1v) is 7.85. The molecule has 1 aromatic carbocycles. The second kappa shape index (κ2) is 5.36. The highest BCUT2D eigenvalue weighted by atomic mass is 32.2. The van der Waals surface area contributed by atoms with Crippen LogP contribution in [0.15, 0.2) is 47.0 Å². The molecule has 2 aliphatic heterocycles. The lowest BCUT2D eigenvalue weighted by molar-refractivity contribution is -0.848. The molecule has 0 bridgehead atoms. The van der Waals surface area contributed by atoms with Gasteiger partial charge in [0.05, 0.1) is 5.56 Å². The largest absolute Gasteiger partial charge is 0.507 e. The summed E-state index contributed by atoms with van der Waals surface area (Å²) in [5.74, 6) is 7.01. The van der Waals surface area contributed by atoms with Crippen LogP contribution in [0.2, 0.25) is 0 Å². The van der Waals surface area contributed by atoms with Crippen molar-refractivity contribution in [3.05, 3.63) is 42.5 Å². The SMILES string of the molecule is C=CCSC1=N[N+]2(C(=S)N(N)C2c2ccccc2O)C(N)=N1. The summed E-state index contributed by atoms with van der Waals surface area (Å²) in [6.45, 7) is 3.66. The van der Waals surface area contributed by atoms with Gasteiger partial charge in [-0.1, -0.05) is 30.0 Å². The quantitative estimate of drug-likeness (QED) is 0.332. The van der Waals surface area contributed by atoms with Gasteiger partial charge < -0.3 is 10.8 Å². The fourth-order valence-corrected chi connectivity index (χ4v) is 3.41. The van der Waals surface area contributed by atoms with E-state index in [2.05, 4.69) is 16.7 Å². The Labute approximate surface area is 137 Å². The van der Waals surface area contributed by atoms with Crippen molar-refractivity contribution in [3.8, 4) is 5.75 Å². The molecule has 22 heavy (non-hydrogen) atoms. The Morgan fingerprint density at radius 1 is 1.50 bits per heavy atom. The summed E-state index contributed by atoms with van der Waals surface area (Å²) >= 11 is 6.75. The Hall–Kier alpha value is -1.94. The van der Waals surface area contributed by atoms with Gasteiger partial charge in [-0.15, -0.1) is 11.6 Å². The molecule has 1 aromatic rings. The molecule has 0 amide bonds. The second-order valence-corrected chi connectivity index (χ2v) is 6.11. The van der Waals surface area contributed by atoms with Crippen LogP contribution < -0.4 is 11.6 Å². The second-order valence-electron chi connectivity index (χ2n) is 4.76. The molecule has 2 aliphatic rings. The van der Waals surface area contributed by atoms with Crippen molar-refractivity contribution < 1.29 is 9.70 Å². The minimum Gasteiger partial charge on any atom is -0.507 e. The zero-order chi connectivity index (χ0) is 15.9. The molecular formula is C13H15N6OS2+. The fourth-order valence-electron chi connectivity index (χ4n) is 2.46. The average molecular weight is 335 g/mol. The summed E-state index contributed by atoms with van der Waals surface area (Å²) in [6, 6.07) is 6.89. The highest BCUT2D eigenvalue weighted by molar-refractivity contribution is 8.14. The lowest BCUT2D eigenvalue weighted by Gasteiger charge is -2.48. The van der Waals surface area contributed by atoms with Crippen molar-refractivity contribution in [1.82, 2.24) is 5.01 Å². The van der Waals surface area contributed by atoms with Crippen molar-refractivity contribution in [2.24, 2.45) is 21.7 Å². The van der Waals surface area contributed by atoms with E-state index in [9.17, 15) is 5.11 Å². The number of amidine groups is 1. The molecule has 114 valence electrons. The van der Waals surface area contributed by atoms with Crippen LogP contribution in [0.5, 0.6) is 5.75 Å². The first-order valence-electron chi connectivity index (χ1n) is 6.46. The van der Waals surface area contributed by atoms with Gasteiger partial charge >= 0.3 is 11.1 Å². The van der Waals surface area contributed by atoms with Gasteiger partial charge in [0.2, 0.25) is 5.17 Å². The van der Waals surface area contributed by atoms with Gasteiger partial charge in [-0.25, -0.2) is 5.84 Å². The molecule has 0 saturated carbocycles. The molecule has 2 atom stereocenters. The summed E-state index contributed by atoms with van der Waals surface area (Å²) in [6.07, 6.45) is 1.23. The molecular weight excluding hydrogens is 320 g/mol. The number of rotatable bonds is 3. The normalized spacial score (nSPS) is 26.7. The number of hydrogen-bond acceptors (Lipinski definition) is 7. The molecule has 0 aromatic heterocycles. The minimum atomic E-state index is -0.528. The maximum absolute atomic E-state index is 10.1. The molecule has 2 heterocycles. The number of nitrogens with two attached hydrogens (primary N) is 2. The van der Waals surface area contributed by atoms with Crippen LogP contribution in [0.1, 0.15) is 11.7 Å². The first kappa shape index (κ1) is 15.0. The van der Waals surface area contributed by atoms with Gasteiger partial charge in [-0.3, -0.25) is 0 Å². The zero-order valence-corrected chi connectivity index (χ0v) is 13.2. The number of thioether (sulfide) groups is 1. The Morgan fingerprint density at radius 2 is 2.23 bits per heavy atom. The highest BCUT2D eigenvalue weighted by Gasteiger charge is 2.66. The summed E-state index contributed by atoms with van der Waals surface area (Å²) in [5, 5.41) is 16.9. The van der Waals surface area contributed by atoms with Crippen molar-refractivity contribution in [2.75, 3.05) is 5.75 Å². The number of para-hydroxylation sites is 1. The Morgan fingerprint density at radius 3 is 2.91 bits per heavy atom. The summed E-state index contributed by atoms with van der Waals surface area (Å²) in [4.78, 5) is 4.27. The summed E-state index contributed by atoms with van der Waals surface area (Å²) in [5.41, 5.74) is 6.68. The molecule has 1 saturated heterocycles. The van der Waals surface area contributed by atoms with Gasteiger partial charge in [0.1, 0.15) is 5.75 Å². The van der Waals surface area contributed by atoms with E-state index in [0.29, 0.717) is 21.6 Å². The van der Waals surface area contributed by atoms with E-state index in [4.69, 9.17) is 23.8 Å². The van der Waals surface area contributed by atoms with Crippen molar-refractivity contribution in [2.45, 2.75) is 6.17 Å². The van der Waals surface area contributed by atoms with Gasteiger partial charge in [0.15, 0.2) is 0 Å². The number of nitrogens with zero attached hydrogens (tertiary/aromatic N) is 4. The summed E-state index contributed by atoms with van der Waals surface area (Å²) in [7, 11) is 0. The average Bonchev–Trinajstić information content (AvgIpc) is 2.86. The van der Waals surface area contributed by atoms with Crippen LogP contribution in [-0.4, -0.2) is 36.7 Å². The molecule has 3 rings (SSSR count). The third kappa shape index (κ3) is 1.94.